The van der Waals surface area contributed by atoms with E-state index in [1.54, 1.807) is 6.08 Å². The van der Waals surface area contributed by atoms with E-state index in [-0.39, 0.29) is 11.6 Å². The lowest BCUT2D eigenvalue weighted by Gasteiger charge is -2.11. The maximum absolute atomic E-state index is 11.2. The monoisotopic (exact) mass is 178 g/mol. The number of ether oxygens (including phenoxy) is 1. The molecule has 0 radical (unpaired) electrons. The number of rotatable bonds is 0. The molecule has 2 saturated carbocycles. The minimum atomic E-state index is -0.119. The van der Waals surface area contributed by atoms with Gasteiger partial charge in [0.05, 0.1) is 0 Å². The second kappa shape index (κ2) is 2.17. The van der Waals surface area contributed by atoms with Crippen LogP contribution in [0.15, 0.2) is 11.6 Å². The Labute approximate surface area is 78.0 Å². The molecule has 0 aromatic carbocycles. The third-order valence-electron chi connectivity index (χ3n) is 3.98. The van der Waals surface area contributed by atoms with Gasteiger partial charge in [0.1, 0.15) is 5.60 Å². The zero-order chi connectivity index (χ0) is 9.05. The molecule has 1 aliphatic heterocycles. The first-order valence-electron chi connectivity index (χ1n) is 5.17. The van der Waals surface area contributed by atoms with Crippen LogP contribution in [0, 0.1) is 11.8 Å². The van der Waals surface area contributed by atoms with Crippen molar-refractivity contribution in [3.05, 3.63) is 11.6 Å². The summed E-state index contributed by atoms with van der Waals surface area (Å²) in [6, 6.07) is 0. The summed E-state index contributed by atoms with van der Waals surface area (Å²) < 4.78 is 5.49. The van der Waals surface area contributed by atoms with Crippen LogP contribution < -0.4 is 0 Å². The standard InChI is InChI=1S/C11H14O2/c1-7-6-10(12)13-11(7)8-4-2-3-5-9(8)11/h6,8-9H,2-5H2,1H3. The van der Waals surface area contributed by atoms with Crippen LogP contribution in [0.25, 0.3) is 0 Å². The van der Waals surface area contributed by atoms with E-state index >= 15 is 0 Å². The minimum Gasteiger partial charge on any atom is -0.451 e. The fourth-order valence-electron chi connectivity index (χ4n) is 3.37. The number of fused-ring (bicyclic) bond motifs is 3. The van der Waals surface area contributed by atoms with Gasteiger partial charge in [0.25, 0.3) is 0 Å². The summed E-state index contributed by atoms with van der Waals surface area (Å²) in [4.78, 5) is 11.2. The highest BCUT2D eigenvalue weighted by Crippen LogP contribution is 2.65. The Balaban J connectivity index is 1.93. The third kappa shape index (κ3) is 0.767. The van der Waals surface area contributed by atoms with Crippen molar-refractivity contribution in [1.82, 2.24) is 0 Å². The summed E-state index contributed by atoms with van der Waals surface area (Å²) in [6.45, 7) is 2.04. The van der Waals surface area contributed by atoms with Gasteiger partial charge in [-0.1, -0.05) is 12.8 Å². The van der Waals surface area contributed by atoms with Gasteiger partial charge >= 0.3 is 5.97 Å². The van der Waals surface area contributed by atoms with Crippen LogP contribution in [0.5, 0.6) is 0 Å². The number of carbonyl (C=O) groups is 1. The van der Waals surface area contributed by atoms with Gasteiger partial charge in [0, 0.05) is 17.9 Å². The molecule has 0 bridgehead atoms. The average molecular weight is 178 g/mol. The predicted octanol–water partition coefficient (Wildman–Crippen LogP) is 2.05. The first-order chi connectivity index (χ1) is 6.25. The van der Waals surface area contributed by atoms with Crippen LogP contribution >= 0.6 is 0 Å². The highest BCUT2D eigenvalue weighted by molar-refractivity contribution is 5.87. The predicted molar refractivity (Wildman–Crippen MR) is 48.0 cm³/mol. The van der Waals surface area contributed by atoms with E-state index in [4.69, 9.17) is 4.74 Å². The van der Waals surface area contributed by atoms with Gasteiger partial charge in [-0.3, -0.25) is 0 Å². The first kappa shape index (κ1) is 7.60. The quantitative estimate of drug-likeness (QED) is 0.531. The summed E-state index contributed by atoms with van der Waals surface area (Å²) in [7, 11) is 0. The summed E-state index contributed by atoms with van der Waals surface area (Å²) >= 11 is 0. The molecule has 0 amide bonds. The molecule has 13 heavy (non-hydrogen) atoms. The Morgan fingerprint density at radius 2 is 2.00 bits per heavy atom. The second-order valence-electron chi connectivity index (χ2n) is 4.54. The molecule has 2 nitrogen and oxygen atoms in total. The Morgan fingerprint density at radius 1 is 1.38 bits per heavy atom. The molecule has 1 heterocycles. The lowest BCUT2D eigenvalue weighted by Crippen LogP contribution is -2.16. The Hall–Kier alpha value is -0.790. The number of hydrogen-bond donors (Lipinski definition) is 0. The number of esters is 1. The first-order valence-corrected chi connectivity index (χ1v) is 5.17. The number of carbonyl (C=O) groups excluding carboxylic acids is 1. The minimum absolute atomic E-state index is 0.117. The molecule has 0 aromatic heterocycles. The molecule has 2 heteroatoms. The highest BCUT2D eigenvalue weighted by Gasteiger charge is 2.70. The van der Waals surface area contributed by atoms with Gasteiger partial charge in [-0.25, -0.2) is 4.79 Å². The van der Waals surface area contributed by atoms with E-state index in [0.717, 1.165) is 0 Å². The summed E-state index contributed by atoms with van der Waals surface area (Å²) in [5.41, 5.74) is 1.06. The van der Waals surface area contributed by atoms with Gasteiger partial charge in [0.2, 0.25) is 0 Å². The van der Waals surface area contributed by atoms with Crippen LogP contribution in [0.4, 0.5) is 0 Å². The molecule has 0 N–H and O–H groups in total. The SMILES string of the molecule is CC1=CC(=O)OC12C1CCCCC12. The Kier molecular flexibility index (Phi) is 1.27. The van der Waals surface area contributed by atoms with Gasteiger partial charge in [-0.05, 0) is 25.3 Å². The molecular weight excluding hydrogens is 164 g/mol. The lowest BCUT2D eigenvalue weighted by atomic mass is 10.0. The van der Waals surface area contributed by atoms with E-state index in [1.807, 2.05) is 6.92 Å². The van der Waals surface area contributed by atoms with Crippen LogP contribution in [-0.4, -0.2) is 11.6 Å². The van der Waals surface area contributed by atoms with Crippen molar-refractivity contribution in [2.45, 2.75) is 38.2 Å². The molecule has 2 atom stereocenters. The topological polar surface area (TPSA) is 26.3 Å². The van der Waals surface area contributed by atoms with Crippen LogP contribution in [0.3, 0.4) is 0 Å². The largest absolute Gasteiger partial charge is 0.451 e. The molecule has 3 aliphatic rings. The van der Waals surface area contributed by atoms with Crippen molar-refractivity contribution in [1.29, 1.82) is 0 Å². The smallest absolute Gasteiger partial charge is 0.331 e. The van der Waals surface area contributed by atoms with Crippen LogP contribution in [-0.2, 0) is 9.53 Å². The average Bonchev–Trinajstić information content (AvgIpc) is 2.64. The molecule has 2 fully saturated rings. The summed E-state index contributed by atoms with van der Waals surface area (Å²) in [5, 5.41) is 0. The molecular formula is C11H14O2. The molecule has 2 unspecified atom stereocenters. The van der Waals surface area contributed by atoms with Crippen molar-refractivity contribution in [2.75, 3.05) is 0 Å². The molecule has 0 saturated heterocycles. The van der Waals surface area contributed by atoms with Crippen molar-refractivity contribution < 1.29 is 9.53 Å². The maximum atomic E-state index is 11.2. The molecule has 0 aromatic rings. The molecule has 3 rings (SSSR count). The maximum Gasteiger partial charge on any atom is 0.331 e. The number of hydrogen-bond acceptors (Lipinski definition) is 2. The fourth-order valence-corrected chi connectivity index (χ4v) is 3.37. The van der Waals surface area contributed by atoms with E-state index < -0.39 is 0 Å². The van der Waals surface area contributed by atoms with E-state index in [0.29, 0.717) is 11.8 Å². The van der Waals surface area contributed by atoms with E-state index in [1.165, 1.54) is 31.3 Å². The zero-order valence-electron chi connectivity index (χ0n) is 7.88. The van der Waals surface area contributed by atoms with Gasteiger partial charge in [0.15, 0.2) is 0 Å². The Bertz CT molecular complexity index is 291. The zero-order valence-corrected chi connectivity index (χ0v) is 7.88. The fraction of sp³-hybridized carbons (Fsp3) is 0.727. The van der Waals surface area contributed by atoms with Gasteiger partial charge in [-0.2, -0.15) is 0 Å². The van der Waals surface area contributed by atoms with Crippen LogP contribution in [0.2, 0.25) is 0 Å². The van der Waals surface area contributed by atoms with E-state index in [9.17, 15) is 4.79 Å². The van der Waals surface area contributed by atoms with Crippen molar-refractivity contribution >= 4 is 5.97 Å². The van der Waals surface area contributed by atoms with E-state index in [2.05, 4.69) is 0 Å². The normalized spacial score (nSPS) is 47.2. The summed E-state index contributed by atoms with van der Waals surface area (Å²) in [6.07, 6.45) is 6.81. The second-order valence-corrected chi connectivity index (χ2v) is 4.54. The van der Waals surface area contributed by atoms with Crippen molar-refractivity contribution in [2.24, 2.45) is 11.8 Å². The molecule has 1 spiro atoms. The van der Waals surface area contributed by atoms with Gasteiger partial charge in [-0.15, -0.1) is 0 Å². The molecule has 70 valence electrons. The molecule has 2 aliphatic carbocycles. The Morgan fingerprint density at radius 3 is 2.46 bits per heavy atom. The lowest BCUT2D eigenvalue weighted by molar-refractivity contribution is -0.141. The van der Waals surface area contributed by atoms with Crippen molar-refractivity contribution in [3.63, 3.8) is 0 Å². The highest BCUT2D eigenvalue weighted by atomic mass is 16.6. The van der Waals surface area contributed by atoms with Crippen molar-refractivity contribution in [3.8, 4) is 0 Å². The third-order valence-corrected chi connectivity index (χ3v) is 3.98. The van der Waals surface area contributed by atoms with Crippen LogP contribution in [0.1, 0.15) is 32.6 Å². The van der Waals surface area contributed by atoms with Gasteiger partial charge < -0.3 is 4.74 Å². The summed E-state index contributed by atoms with van der Waals surface area (Å²) in [5.74, 6) is 1.19.